The van der Waals surface area contributed by atoms with Gasteiger partial charge < -0.3 is 4.74 Å². The Hall–Kier alpha value is -4.75. The molecular formula is C29H20F3N3O4. The van der Waals surface area contributed by atoms with Crippen molar-refractivity contribution >= 4 is 22.8 Å². The second kappa shape index (κ2) is 10.6. The largest absolute Gasteiger partial charge is 0.491 e. The van der Waals surface area contributed by atoms with Crippen LogP contribution in [0.25, 0.3) is 10.9 Å². The number of esters is 2. The molecule has 5 rings (SSSR count). The fourth-order valence-electron chi connectivity index (χ4n) is 4.26. The number of ether oxygens (including phenoxy) is 1. The Balaban J connectivity index is 1.27. The Morgan fingerprint density at radius 3 is 2.33 bits per heavy atom. The lowest BCUT2D eigenvalue weighted by atomic mass is 10.1. The zero-order chi connectivity index (χ0) is 27.6. The molecule has 0 atom stereocenters. The molecule has 0 bridgehead atoms. The van der Waals surface area contributed by atoms with E-state index in [-0.39, 0.29) is 17.7 Å². The number of benzene rings is 3. The average molecular weight is 531 g/mol. The molecule has 0 radical (unpaired) electrons. The third-order valence-electron chi connectivity index (χ3n) is 6.23. The van der Waals surface area contributed by atoms with Crippen molar-refractivity contribution < 1.29 is 27.5 Å². The van der Waals surface area contributed by atoms with Gasteiger partial charge >= 0.3 is 18.1 Å². The van der Waals surface area contributed by atoms with Crippen molar-refractivity contribution in [2.24, 2.45) is 0 Å². The zero-order valence-corrected chi connectivity index (χ0v) is 20.4. The topological polar surface area (TPSA) is 81.5 Å². The molecule has 1 aliphatic heterocycles. The molecule has 7 nitrogen and oxygen atoms in total. The summed E-state index contributed by atoms with van der Waals surface area (Å²) in [4.78, 5) is 42.4. The highest BCUT2D eigenvalue weighted by Gasteiger charge is 2.42. The number of carbonyl (C=O) groups is 2. The SMILES string of the molecule is O=C(OC(=O)C(F)(F)F)c1ccc(Cn2cnc3ccc(C#CCN4Cc5ccccc5C4)cc3c2=O)cc1. The van der Waals surface area contributed by atoms with E-state index in [0.29, 0.717) is 28.6 Å². The summed E-state index contributed by atoms with van der Waals surface area (Å²) in [5.74, 6) is 2.29. The summed E-state index contributed by atoms with van der Waals surface area (Å²) >= 11 is 0. The Bertz CT molecular complexity index is 1670. The van der Waals surface area contributed by atoms with Crippen LogP contribution < -0.4 is 5.56 Å². The minimum absolute atomic E-state index is 0.101. The average Bonchev–Trinajstić information content (AvgIpc) is 3.33. The van der Waals surface area contributed by atoms with Gasteiger partial charge in [-0.15, -0.1) is 0 Å². The van der Waals surface area contributed by atoms with E-state index in [1.807, 2.05) is 18.2 Å². The van der Waals surface area contributed by atoms with Gasteiger partial charge in [0.15, 0.2) is 0 Å². The molecular weight excluding hydrogens is 511 g/mol. The fraction of sp³-hybridized carbons (Fsp3) is 0.172. The van der Waals surface area contributed by atoms with E-state index in [9.17, 15) is 27.6 Å². The quantitative estimate of drug-likeness (QED) is 0.225. The maximum absolute atomic E-state index is 13.1. The third-order valence-corrected chi connectivity index (χ3v) is 6.23. The highest BCUT2D eigenvalue weighted by Crippen LogP contribution is 2.21. The van der Waals surface area contributed by atoms with Crippen molar-refractivity contribution in [3.8, 4) is 11.8 Å². The van der Waals surface area contributed by atoms with Gasteiger partial charge in [0.05, 0.1) is 35.9 Å². The maximum Gasteiger partial charge on any atom is 0.491 e. The first kappa shape index (κ1) is 25.9. The first-order valence-corrected chi connectivity index (χ1v) is 11.9. The van der Waals surface area contributed by atoms with Gasteiger partial charge in [-0.2, -0.15) is 13.2 Å². The molecule has 0 spiro atoms. The lowest BCUT2D eigenvalue weighted by Crippen LogP contribution is -2.28. The monoisotopic (exact) mass is 531 g/mol. The highest BCUT2D eigenvalue weighted by atomic mass is 19.4. The molecule has 0 unspecified atom stereocenters. The van der Waals surface area contributed by atoms with Crippen LogP contribution in [-0.4, -0.2) is 39.1 Å². The number of hydrogen-bond acceptors (Lipinski definition) is 6. The predicted octanol–water partition coefficient (Wildman–Crippen LogP) is 4.06. The van der Waals surface area contributed by atoms with Crippen LogP contribution in [0.4, 0.5) is 13.2 Å². The predicted molar refractivity (Wildman–Crippen MR) is 135 cm³/mol. The van der Waals surface area contributed by atoms with Gasteiger partial charge in [0.1, 0.15) is 0 Å². The Labute approximate surface area is 220 Å². The van der Waals surface area contributed by atoms with Crippen molar-refractivity contribution in [1.29, 1.82) is 0 Å². The molecule has 4 aromatic rings. The first-order valence-electron chi connectivity index (χ1n) is 11.9. The fourth-order valence-corrected chi connectivity index (χ4v) is 4.26. The normalized spacial score (nSPS) is 13.0. The summed E-state index contributed by atoms with van der Waals surface area (Å²) in [5, 5.41) is 0.392. The molecule has 0 aliphatic carbocycles. The van der Waals surface area contributed by atoms with Crippen LogP contribution >= 0.6 is 0 Å². The molecule has 39 heavy (non-hydrogen) atoms. The molecule has 0 saturated carbocycles. The van der Waals surface area contributed by atoms with Crippen molar-refractivity contribution in [1.82, 2.24) is 14.5 Å². The van der Waals surface area contributed by atoms with E-state index in [0.717, 1.165) is 13.1 Å². The number of halogens is 3. The van der Waals surface area contributed by atoms with Crippen LogP contribution in [0.3, 0.4) is 0 Å². The van der Waals surface area contributed by atoms with Gasteiger partial charge in [-0.3, -0.25) is 14.3 Å². The number of hydrogen-bond donors (Lipinski definition) is 0. The third kappa shape index (κ3) is 5.89. The van der Waals surface area contributed by atoms with E-state index in [1.54, 1.807) is 12.1 Å². The van der Waals surface area contributed by atoms with E-state index in [1.165, 1.54) is 46.3 Å². The highest BCUT2D eigenvalue weighted by molar-refractivity contribution is 5.98. The number of nitrogens with zero attached hydrogens (tertiary/aromatic N) is 3. The van der Waals surface area contributed by atoms with Crippen molar-refractivity contribution in [3.05, 3.63) is 111 Å². The van der Waals surface area contributed by atoms with E-state index < -0.39 is 18.1 Å². The van der Waals surface area contributed by atoms with E-state index >= 15 is 0 Å². The molecule has 0 N–H and O–H groups in total. The second-order valence-corrected chi connectivity index (χ2v) is 9.00. The van der Waals surface area contributed by atoms with Gasteiger partial charge in [-0.25, -0.2) is 14.6 Å². The number of aromatic nitrogens is 2. The number of carbonyl (C=O) groups excluding carboxylic acids is 2. The first-order chi connectivity index (χ1) is 18.7. The van der Waals surface area contributed by atoms with Crippen LogP contribution in [0.5, 0.6) is 0 Å². The van der Waals surface area contributed by atoms with Crippen molar-refractivity contribution in [2.45, 2.75) is 25.8 Å². The lowest BCUT2D eigenvalue weighted by Gasteiger charge is -2.09. The Kier molecular flexibility index (Phi) is 7.00. The molecule has 1 aliphatic rings. The van der Waals surface area contributed by atoms with Crippen LogP contribution in [0.15, 0.2) is 77.9 Å². The van der Waals surface area contributed by atoms with Gasteiger partial charge in [0, 0.05) is 18.7 Å². The molecule has 2 heterocycles. The van der Waals surface area contributed by atoms with Crippen LogP contribution in [0.1, 0.15) is 32.6 Å². The summed E-state index contributed by atoms with van der Waals surface area (Å²) in [7, 11) is 0. The Morgan fingerprint density at radius 1 is 0.974 bits per heavy atom. The zero-order valence-electron chi connectivity index (χ0n) is 20.4. The molecule has 0 fully saturated rings. The van der Waals surface area contributed by atoms with Crippen LogP contribution in [-0.2, 0) is 29.2 Å². The van der Waals surface area contributed by atoms with Gasteiger partial charge in [0.2, 0.25) is 0 Å². The molecule has 10 heteroatoms. The minimum Gasteiger partial charge on any atom is -0.383 e. The van der Waals surface area contributed by atoms with Gasteiger partial charge in [-0.1, -0.05) is 48.2 Å². The second-order valence-electron chi connectivity index (χ2n) is 9.00. The molecule has 3 aromatic carbocycles. The van der Waals surface area contributed by atoms with E-state index in [2.05, 4.69) is 38.6 Å². The number of rotatable bonds is 4. The van der Waals surface area contributed by atoms with Gasteiger partial charge in [-0.05, 0) is 47.0 Å². The summed E-state index contributed by atoms with van der Waals surface area (Å²) in [6, 6.07) is 18.9. The summed E-state index contributed by atoms with van der Waals surface area (Å²) in [6.07, 6.45) is -3.88. The molecule has 1 aromatic heterocycles. The van der Waals surface area contributed by atoms with E-state index in [4.69, 9.17) is 0 Å². The summed E-state index contributed by atoms with van der Waals surface area (Å²) in [6.45, 7) is 2.40. The molecule has 196 valence electrons. The van der Waals surface area contributed by atoms with Gasteiger partial charge in [0.25, 0.3) is 5.56 Å². The minimum atomic E-state index is -5.27. The number of alkyl halides is 3. The van der Waals surface area contributed by atoms with Crippen molar-refractivity contribution in [2.75, 3.05) is 6.54 Å². The smallest absolute Gasteiger partial charge is 0.383 e. The lowest BCUT2D eigenvalue weighted by molar-refractivity contribution is -0.193. The van der Waals surface area contributed by atoms with Crippen LogP contribution in [0, 0.1) is 11.8 Å². The Morgan fingerprint density at radius 2 is 1.67 bits per heavy atom. The number of fused-ring (bicyclic) bond motifs is 2. The summed E-state index contributed by atoms with van der Waals surface area (Å²) < 4.78 is 42.1. The van der Waals surface area contributed by atoms with Crippen LogP contribution in [0.2, 0.25) is 0 Å². The maximum atomic E-state index is 13.1. The standard InChI is InChI=1S/C29H20F3N3O4/c30-29(31,32)28(38)39-27(37)21-10-7-20(8-11-21)15-35-18-33-25-12-9-19(14-24(25)26(35)36)4-3-13-34-16-22-5-1-2-6-23(22)17-34/h1-2,5-12,14,18H,13,15-17H2. The summed E-state index contributed by atoms with van der Waals surface area (Å²) in [5.41, 5.74) is 3.88. The molecule has 0 saturated heterocycles. The van der Waals surface area contributed by atoms with Crippen molar-refractivity contribution in [3.63, 3.8) is 0 Å². The molecule has 0 amide bonds.